The summed E-state index contributed by atoms with van der Waals surface area (Å²) in [6, 6.07) is 1.00. The second kappa shape index (κ2) is 3.79. The molecule has 0 radical (unpaired) electrons. The molecule has 1 heterocycles. The highest BCUT2D eigenvalue weighted by atomic mass is 19.3. The van der Waals surface area contributed by atoms with Gasteiger partial charge in [-0.2, -0.15) is 0 Å². The summed E-state index contributed by atoms with van der Waals surface area (Å²) in [7, 11) is 0. The van der Waals surface area contributed by atoms with Gasteiger partial charge in [0.15, 0.2) is 5.75 Å². The Morgan fingerprint density at radius 1 is 1.54 bits per heavy atom. The number of carbonyl (C=O) groups excluding carboxylic acids is 1. The van der Waals surface area contributed by atoms with Crippen LogP contribution in [0.3, 0.4) is 0 Å². The smallest absolute Gasteiger partial charge is 0.409 e. The van der Waals surface area contributed by atoms with Crippen molar-refractivity contribution in [1.29, 1.82) is 0 Å². The highest BCUT2D eigenvalue weighted by Crippen LogP contribution is 2.21. The van der Waals surface area contributed by atoms with Gasteiger partial charge in [-0.15, -0.1) is 0 Å². The van der Waals surface area contributed by atoms with E-state index in [1.165, 1.54) is 0 Å². The minimum atomic E-state index is -2.65. The van der Waals surface area contributed by atoms with E-state index in [0.29, 0.717) is 0 Å². The quantitative estimate of drug-likeness (QED) is 0.764. The third-order valence-electron chi connectivity index (χ3n) is 1.20. The van der Waals surface area contributed by atoms with E-state index in [1.54, 1.807) is 0 Å². The number of aromatic nitrogens is 1. The normalized spacial score (nSPS) is 10.1. The van der Waals surface area contributed by atoms with Crippen molar-refractivity contribution in [2.45, 2.75) is 6.43 Å². The number of amides is 1. The number of carbonyl (C=O) groups is 1. The van der Waals surface area contributed by atoms with Gasteiger partial charge in [0.25, 0.3) is 6.43 Å². The molecular formula is C7H6F2N2O2. The van der Waals surface area contributed by atoms with E-state index in [0.717, 1.165) is 18.5 Å². The Morgan fingerprint density at radius 2 is 2.23 bits per heavy atom. The molecule has 4 nitrogen and oxygen atoms in total. The lowest BCUT2D eigenvalue weighted by Crippen LogP contribution is -2.16. The van der Waals surface area contributed by atoms with E-state index >= 15 is 0 Å². The van der Waals surface area contributed by atoms with Crippen molar-refractivity contribution in [3.63, 3.8) is 0 Å². The van der Waals surface area contributed by atoms with Gasteiger partial charge in [0.05, 0.1) is 6.20 Å². The second-order valence-corrected chi connectivity index (χ2v) is 2.18. The van der Waals surface area contributed by atoms with Crippen molar-refractivity contribution in [3.05, 3.63) is 24.0 Å². The molecule has 0 unspecified atom stereocenters. The summed E-state index contributed by atoms with van der Waals surface area (Å²) in [6.45, 7) is 0. The van der Waals surface area contributed by atoms with Crippen LogP contribution in [-0.4, -0.2) is 11.1 Å². The molecule has 0 aromatic carbocycles. The molecule has 0 atom stereocenters. The first kappa shape index (κ1) is 9.37. The summed E-state index contributed by atoms with van der Waals surface area (Å²) in [6.07, 6.45) is -1.60. The summed E-state index contributed by atoms with van der Waals surface area (Å²) < 4.78 is 28.5. The molecule has 1 aromatic rings. The first-order chi connectivity index (χ1) is 6.09. The number of alkyl halides is 2. The number of nitrogens with zero attached hydrogens (tertiary/aromatic N) is 1. The number of hydrogen-bond acceptors (Lipinski definition) is 3. The van der Waals surface area contributed by atoms with Crippen molar-refractivity contribution < 1.29 is 18.3 Å². The SMILES string of the molecule is NC(=O)Oc1cncc(C(F)F)c1. The predicted molar refractivity (Wildman–Crippen MR) is 39.4 cm³/mol. The Morgan fingerprint density at radius 3 is 2.77 bits per heavy atom. The number of halogens is 2. The molecule has 1 rings (SSSR count). The van der Waals surface area contributed by atoms with E-state index in [-0.39, 0.29) is 11.3 Å². The van der Waals surface area contributed by atoms with E-state index < -0.39 is 12.5 Å². The van der Waals surface area contributed by atoms with Crippen molar-refractivity contribution in [2.24, 2.45) is 5.73 Å². The molecule has 0 aliphatic carbocycles. The molecule has 0 spiro atoms. The fourth-order valence-electron chi connectivity index (χ4n) is 0.727. The monoisotopic (exact) mass is 188 g/mol. The average Bonchev–Trinajstić information content (AvgIpc) is 2.03. The lowest BCUT2D eigenvalue weighted by molar-refractivity contribution is 0.150. The van der Waals surface area contributed by atoms with Gasteiger partial charge in [0.1, 0.15) is 0 Å². The lowest BCUT2D eigenvalue weighted by atomic mass is 10.3. The van der Waals surface area contributed by atoms with Crippen molar-refractivity contribution in [2.75, 3.05) is 0 Å². The fourth-order valence-corrected chi connectivity index (χ4v) is 0.727. The highest BCUT2D eigenvalue weighted by Gasteiger charge is 2.09. The Balaban J connectivity index is 2.85. The van der Waals surface area contributed by atoms with Crippen LogP contribution in [0.25, 0.3) is 0 Å². The van der Waals surface area contributed by atoms with Crippen LogP contribution < -0.4 is 10.5 Å². The number of ether oxygens (including phenoxy) is 1. The van der Waals surface area contributed by atoms with Gasteiger partial charge < -0.3 is 10.5 Å². The van der Waals surface area contributed by atoms with Gasteiger partial charge in [0, 0.05) is 11.8 Å². The second-order valence-electron chi connectivity index (χ2n) is 2.18. The first-order valence-corrected chi connectivity index (χ1v) is 3.30. The minimum Gasteiger partial charge on any atom is -0.409 e. The Labute approximate surface area is 72.3 Å². The van der Waals surface area contributed by atoms with Crippen LogP contribution in [0.5, 0.6) is 5.75 Å². The molecule has 0 saturated carbocycles. The zero-order valence-corrected chi connectivity index (χ0v) is 6.41. The molecule has 0 fully saturated rings. The van der Waals surface area contributed by atoms with Crippen LogP contribution in [-0.2, 0) is 0 Å². The van der Waals surface area contributed by atoms with Gasteiger partial charge >= 0.3 is 6.09 Å². The van der Waals surface area contributed by atoms with Crippen LogP contribution in [0, 0.1) is 0 Å². The molecular weight excluding hydrogens is 182 g/mol. The van der Waals surface area contributed by atoms with Crippen LogP contribution in [0.15, 0.2) is 18.5 Å². The number of hydrogen-bond donors (Lipinski definition) is 1. The molecule has 0 aliphatic rings. The minimum absolute atomic E-state index is 0.0923. The molecule has 70 valence electrons. The molecule has 6 heteroatoms. The maximum absolute atomic E-state index is 12.1. The summed E-state index contributed by atoms with van der Waals surface area (Å²) in [5, 5.41) is 0. The molecule has 1 amide bonds. The van der Waals surface area contributed by atoms with Crippen molar-refractivity contribution in [1.82, 2.24) is 4.98 Å². The summed E-state index contributed by atoms with van der Waals surface area (Å²) >= 11 is 0. The number of pyridine rings is 1. The summed E-state index contributed by atoms with van der Waals surface area (Å²) in [4.78, 5) is 13.7. The third kappa shape index (κ3) is 2.66. The predicted octanol–water partition coefficient (Wildman–Crippen LogP) is 1.48. The summed E-state index contributed by atoms with van der Waals surface area (Å²) in [5.41, 5.74) is 4.35. The van der Waals surface area contributed by atoms with Crippen LogP contribution in [0.2, 0.25) is 0 Å². The zero-order chi connectivity index (χ0) is 9.84. The molecule has 2 N–H and O–H groups in total. The molecule has 0 bridgehead atoms. The topological polar surface area (TPSA) is 65.2 Å². The first-order valence-electron chi connectivity index (χ1n) is 3.30. The Bertz CT molecular complexity index is 317. The summed E-state index contributed by atoms with van der Waals surface area (Å²) in [5.74, 6) is -0.0923. The molecule has 0 saturated heterocycles. The molecule has 13 heavy (non-hydrogen) atoms. The number of primary amides is 1. The number of nitrogens with two attached hydrogens (primary N) is 1. The molecule has 0 aliphatic heterocycles. The van der Waals surface area contributed by atoms with Gasteiger partial charge in [0.2, 0.25) is 0 Å². The maximum Gasteiger partial charge on any atom is 0.410 e. The fraction of sp³-hybridized carbons (Fsp3) is 0.143. The van der Waals surface area contributed by atoms with E-state index in [2.05, 4.69) is 15.5 Å². The van der Waals surface area contributed by atoms with Crippen LogP contribution in [0.4, 0.5) is 13.6 Å². The van der Waals surface area contributed by atoms with Crippen LogP contribution in [0.1, 0.15) is 12.0 Å². The maximum atomic E-state index is 12.1. The van der Waals surface area contributed by atoms with Gasteiger partial charge in [-0.05, 0) is 6.07 Å². The van der Waals surface area contributed by atoms with Crippen molar-refractivity contribution >= 4 is 6.09 Å². The van der Waals surface area contributed by atoms with E-state index in [4.69, 9.17) is 0 Å². The van der Waals surface area contributed by atoms with Gasteiger partial charge in [-0.25, -0.2) is 13.6 Å². The van der Waals surface area contributed by atoms with Crippen molar-refractivity contribution in [3.8, 4) is 5.75 Å². The average molecular weight is 188 g/mol. The van der Waals surface area contributed by atoms with Gasteiger partial charge in [-0.1, -0.05) is 0 Å². The van der Waals surface area contributed by atoms with Crippen LogP contribution >= 0.6 is 0 Å². The Hall–Kier alpha value is -1.72. The largest absolute Gasteiger partial charge is 0.410 e. The van der Waals surface area contributed by atoms with E-state index in [9.17, 15) is 13.6 Å². The highest BCUT2D eigenvalue weighted by molar-refractivity contribution is 5.67. The van der Waals surface area contributed by atoms with E-state index in [1.807, 2.05) is 0 Å². The standard InChI is InChI=1S/C7H6F2N2O2/c8-6(9)4-1-5(3-11-2-4)13-7(10)12/h1-3,6H,(H2,10,12). The Kier molecular flexibility index (Phi) is 2.73. The zero-order valence-electron chi connectivity index (χ0n) is 6.41. The lowest BCUT2D eigenvalue weighted by Gasteiger charge is -2.02. The molecule has 1 aromatic heterocycles. The van der Waals surface area contributed by atoms with Gasteiger partial charge in [-0.3, -0.25) is 4.98 Å². The number of rotatable bonds is 2. The third-order valence-corrected chi connectivity index (χ3v) is 1.20.